The molecule has 1 aliphatic carbocycles. The second-order valence-electron chi connectivity index (χ2n) is 6.43. The van der Waals surface area contributed by atoms with Crippen molar-refractivity contribution in [1.82, 2.24) is 9.80 Å². The van der Waals surface area contributed by atoms with Crippen LogP contribution in [0, 0.1) is 5.92 Å². The van der Waals surface area contributed by atoms with Gasteiger partial charge < -0.3 is 14.9 Å². The molecule has 0 bridgehead atoms. The van der Waals surface area contributed by atoms with Crippen LogP contribution in [-0.4, -0.2) is 52.6 Å². The molecule has 2 fully saturated rings. The fraction of sp³-hybridized carbons (Fsp3) is 0.875. The average Bonchev–Trinajstić information content (AvgIpc) is 2.88. The van der Waals surface area contributed by atoms with Crippen LogP contribution < -0.4 is 0 Å². The summed E-state index contributed by atoms with van der Waals surface area (Å²) < 4.78 is 0. The van der Waals surface area contributed by atoms with Gasteiger partial charge in [0, 0.05) is 19.1 Å². The smallest absolute Gasteiger partial charge is 0.323 e. The zero-order chi connectivity index (χ0) is 15.2. The summed E-state index contributed by atoms with van der Waals surface area (Å²) in [6, 6.07) is 0.0693. The number of urea groups is 1. The Hall–Kier alpha value is -1.26. The number of likely N-dealkylation sites (tertiary alicyclic amines) is 1. The Labute approximate surface area is 127 Å². The molecule has 0 spiro atoms. The van der Waals surface area contributed by atoms with E-state index in [0.717, 1.165) is 51.6 Å². The average molecular weight is 296 g/mol. The summed E-state index contributed by atoms with van der Waals surface area (Å²) in [7, 11) is 0. The van der Waals surface area contributed by atoms with E-state index >= 15 is 0 Å². The normalized spacial score (nSPS) is 23.9. The van der Waals surface area contributed by atoms with E-state index < -0.39 is 5.97 Å². The maximum absolute atomic E-state index is 12.8. The van der Waals surface area contributed by atoms with E-state index in [2.05, 4.69) is 6.92 Å². The molecule has 0 aromatic rings. The SMILES string of the molecule is CCC1CCCN(C(=O)N(CC(=O)O)C2CCCC2)CC1. The van der Waals surface area contributed by atoms with Gasteiger partial charge in [-0.3, -0.25) is 4.79 Å². The van der Waals surface area contributed by atoms with Crippen molar-refractivity contribution in [3.8, 4) is 0 Å². The summed E-state index contributed by atoms with van der Waals surface area (Å²) in [6.07, 6.45) is 8.54. The zero-order valence-corrected chi connectivity index (χ0v) is 13.1. The Balaban J connectivity index is 2.00. The number of carbonyl (C=O) groups is 2. The number of hydrogen-bond donors (Lipinski definition) is 1. The Morgan fingerprint density at radius 1 is 1.10 bits per heavy atom. The molecule has 0 radical (unpaired) electrons. The molecule has 1 atom stereocenters. The van der Waals surface area contributed by atoms with Crippen molar-refractivity contribution >= 4 is 12.0 Å². The van der Waals surface area contributed by atoms with Gasteiger partial charge in [-0.25, -0.2) is 4.79 Å². The quantitative estimate of drug-likeness (QED) is 0.867. The van der Waals surface area contributed by atoms with Crippen LogP contribution in [0.5, 0.6) is 0 Å². The Kier molecular flexibility index (Phi) is 5.88. The molecule has 1 saturated carbocycles. The predicted octanol–water partition coefficient (Wildman–Crippen LogP) is 2.95. The molecule has 1 unspecified atom stereocenters. The molecule has 120 valence electrons. The van der Waals surface area contributed by atoms with Crippen molar-refractivity contribution in [1.29, 1.82) is 0 Å². The minimum atomic E-state index is -0.906. The van der Waals surface area contributed by atoms with Crippen LogP contribution in [-0.2, 0) is 4.79 Å². The van der Waals surface area contributed by atoms with E-state index in [4.69, 9.17) is 5.11 Å². The third-order valence-electron chi connectivity index (χ3n) is 5.01. The van der Waals surface area contributed by atoms with Crippen LogP contribution in [0.4, 0.5) is 4.79 Å². The van der Waals surface area contributed by atoms with E-state index in [9.17, 15) is 9.59 Å². The molecule has 5 nitrogen and oxygen atoms in total. The number of hydrogen-bond acceptors (Lipinski definition) is 2. The first-order chi connectivity index (χ1) is 10.1. The minimum Gasteiger partial charge on any atom is -0.480 e. The number of aliphatic carboxylic acids is 1. The molecule has 2 amide bonds. The van der Waals surface area contributed by atoms with Crippen LogP contribution in [0.25, 0.3) is 0 Å². The molecule has 2 rings (SSSR count). The van der Waals surface area contributed by atoms with Gasteiger partial charge in [-0.1, -0.05) is 26.2 Å². The lowest BCUT2D eigenvalue weighted by molar-refractivity contribution is -0.138. The Morgan fingerprint density at radius 2 is 1.81 bits per heavy atom. The highest BCUT2D eigenvalue weighted by Crippen LogP contribution is 2.26. The third kappa shape index (κ3) is 4.35. The van der Waals surface area contributed by atoms with Crippen LogP contribution in [0.15, 0.2) is 0 Å². The fourth-order valence-corrected chi connectivity index (χ4v) is 3.66. The largest absolute Gasteiger partial charge is 0.480 e. The second-order valence-corrected chi connectivity index (χ2v) is 6.43. The third-order valence-corrected chi connectivity index (χ3v) is 5.01. The lowest BCUT2D eigenvalue weighted by Gasteiger charge is -2.33. The van der Waals surface area contributed by atoms with Gasteiger partial charge in [0.1, 0.15) is 6.54 Å². The minimum absolute atomic E-state index is 0.0546. The second kappa shape index (κ2) is 7.66. The number of amides is 2. The molecule has 1 heterocycles. The van der Waals surface area contributed by atoms with E-state index in [0.29, 0.717) is 5.92 Å². The number of carboxylic acids is 1. The summed E-state index contributed by atoms with van der Waals surface area (Å²) in [4.78, 5) is 27.4. The van der Waals surface area contributed by atoms with Gasteiger partial charge in [0.25, 0.3) is 0 Å². The Bertz CT molecular complexity index is 367. The van der Waals surface area contributed by atoms with Crippen molar-refractivity contribution in [2.24, 2.45) is 5.92 Å². The molecule has 21 heavy (non-hydrogen) atoms. The molecular formula is C16H28N2O3. The molecule has 0 aromatic carbocycles. The summed E-state index contributed by atoms with van der Waals surface area (Å²) in [5.41, 5.74) is 0. The highest BCUT2D eigenvalue weighted by Gasteiger charge is 2.32. The zero-order valence-electron chi connectivity index (χ0n) is 13.1. The highest BCUT2D eigenvalue weighted by atomic mass is 16.4. The van der Waals surface area contributed by atoms with E-state index in [1.807, 2.05) is 4.90 Å². The fourth-order valence-electron chi connectivity index (χ4n) is 3.66. The molecule has 2 aliphatic rings. The van der Waals surface area contributed by atoms with Crippen LogP contribution >= 0.6 is 0 Å². The van der Waals surface area contributed by atoms with Crippen molar-refractivity contribution in [2.45, 2.75) is 64.3 Å². The van der Waals surface area contributed by atoms with Crippen LogP contribution in [0.1, 0.15) is 58.3 Å². The summed E-state index contributed by atoms with van der Waals surface area (Å²) in [5.74, 6) is -0.196. The number of carboxylic acid groups (broad SMARTS) is 1. The molecule has 0 aromatic heterocycles. The van der Waals surface area contributed by atoms with Crippen LogP contribution in [0.2, 0.25) is 0 Å². The number of carbonyl (C=O) groups excluding carboxylic acids is 1. The van der Waals surface area contributed by atoms with E-state index in [-0.39, 0.29) is 18.6 Å². The van der Waals surface area contributed by atoms with Gasteiger partial charge in [-0.05, 0) is 38.0 Å². The summed E-state index contributed by atoms with van der Waals surface area (Å²) in [5, 5.41) is 9.11. The lowest BCUT2D eigenvalue weighted by Crippen LogP contribution is -2.49. The Morgan fingerprint density at radius 3 is 2.43 bits per heavy atom. The summed E-state index contributed by atoms with van der Waals surface area (Å²) >= 11 is 0. The van der Waals surface area contributed by atoms with Gasteiger partial charge in [0.05, 0.1) is 0 Å². The maximum Gasteiger partial charge on any atom is 0.323 e. The standard InChI is InChI=1S/C16H28N2O3/c1-2-13-6-5-10-17(11-9-13)16(21)18(12-15(19)20)14-7-3-4-8-14/h13-14H,2-12H2,1H3,(H,19,20). The number of nitrogens with zero attached hydrogens (tertiary/aromatic N) is 2. The predicted molar refractivity (Wildman–Crippen MR) is 81.2 cm³/mol. The molecule has 1 aliphatic heterocycles. The van der Waals surface area contributed by atoms with Crippen molar-refractivity contribution in [2.75, 3.05) is 19.6 Å². The van der Waals surface area contributed by atoms with Gasteiger partial charge in [-0.15, -0.1) is 0 Å². The van der Waals surface area contributed by atoms with Crippen molar-refractivity contribution in [3.05, 3.63) is 0 Å². The van der Waals surface area contributed by atoms with Crippen molar-refractivity contribution in [3.63, 3.8) is 0 Å². The maximum atomic E-state index is 12.8. The first-order valence-electron chi connectivity index (χ1n) is 8.39. The number of rotatable bonds is 4. The molecule has 1 saturated heterocycles. The highest BCUT2D eigenvalue weighted by molar-refractivity contribution is 5.80. The lowest BCUT2D eigenvalue weighted by atomic mass is 9.98. The molecular weight excluding hydrogens is 268 g/mol. The van der Waals surface area contributed by atoms with E-state index in [1.54, 1.807) is 4.90 Å². The topological polar surface area (TPSA) is 60.9 Å². The first-order valence-corrected chi connectivity index (χ1v) is 8.39. The van der Waals surface area contributed by atoms with Gasteiger partial charge in [0.15, 0.2) is 0 Å². The van der Waals surface area contributed by atoms with Gasteiger partial charge >= 0.3 is 12.0 Å². The van der Waals surface area contributed by atoms with Gasteiger partial charge in [-0.2, -0.15) is 0 Å². The molecule has 5 heteroatoms. The monoisotopic (exact) mass is 296 g/mol. The van der Waals surface area contributed by atoms with Crippen LogP contribution in [0.3, 0.4) is 0 Å². The van der Waals surface area contributed by atoms with Gasteiger partial charge in [0.2, 0.25) is 0 Å². The molecule has 1 N–H and O–H groups in total. The first kappa shape index (κ1) is 16.1. The summed E-state index contributed by atoms with van der Waals surface area (Å²) in [6.45, 7) is 3.60. The van der Waals surface area contributed by atoms with E-state index in [1.165, 1.54) is 12.8 Å². The van der Waals surface area contributed by atoms with Crippen molar-refractivity contribution < 1.29 is 14.7 Å².